The molecular formula is C112H74B3N3O4. The van der Waals surface area contributed by atoms with Gasteiger partial charge in [0.05, 0.1) is 22.4 Å². The molecule has 0 spiro atoms. The minimum absolute atomic E-state index is 0.326. The van der Waals surface area contributed by atoms with Crippen molar-refractivity contribution in [1.82, 2.24) is 4.57 Å². The topological polar surface area (TPSA) is 48.3 Å². The summed E-state index contributed by atoms with van der Waals surface area (Å²) < 4.78 is 34.4. The van der Waals surface area contributed by atoms with Gasteiger partial charge < -0.3 is 33.3 Å². The van der Waals surface area contributed by atoms with Crippen LogP contribution in [-0.4, -0.2) is 24.7 Å². The zero-order chi connectivity index (χ0) is 80.6. The van der Waals surface area contributed by atoms with Crippen LogP contribution in [0.25, 0.3) is 105 Å². The number of hydrogen-bond donors (Lipinski definition) is 0. The Hall–Kier alpha value is -15.2. The van der Waals surface area contributed by atoms with Crippen LogP contribution in [0.3, 0.4) is 0 Å². The average molecular weight is 1560 g/mol. The van der Waals surface area contributed by atoms with Crippen LogP contribution in [0.4, 0.5) is 34.1 Å². The predicted octanol–water partition coefficient (Wildman–Crippen LogP) is 23.3. The Labute approximate surface area is 709 Å². The van der Waals surface area contributed by atoms with Gasteiger partial charge in [0.25, 0.3) is 20.1 Å². The SMILES string of the molecule is CC(C)(C)c1cc2c3c(c1)N(c1c(-c4ccccc4)cccc1-c1ccccc1)c1cc4c5c(c1B3c1ccc(-c3ccccc3)cc1N2c1c(-c2ccccc2)cccc1-c1ccccc1)Oc1cc(-n2c3ccccc3c3ccccc32)ccc1B5c1c(cc2c3c1Oc1ccc(-c5ccccc5)cc1B3c1cc(-c3ccccc3)ccc1O2)O4. The second-order valence-electron chi connectivity index (χ2n) is 34.0. The van der Waals surface area contributed by atoms with Gasteiger partial charge in [0.1, 0.15) is 46.0 Å². The highest BCUT2D eigenvalue weighted by atomic mass is 16.5. The maximum absolute atomic E-state index is 8.51. The summed E-state index contributed by atoms with van der Waals surface area (Å²) in [5.41, 5.74) is 34.7. The van der Waals surface area contributed by atoms with Gasteiger partial charge in [-0.15, -0.1) is 0 Å². The van der Waals surface area contributed by atoms with Crippen molar-refractivity contribution in [3.8, 4) is 130 Å². The first kappa shape index (κ1) is 69.8. The first-order chi connectivity index (χ1) is 60.2. The number of nitrogens with zero attached hydrogens (tertiary/aromatic N) is 3. The van der Waals surface area contributed by atoms with Crippen LogP contribution in [0.2, 0.25) is 0 Å². The smallest absolute Gasteiger partial charge is 0.265 e. The van der Waals surface area contributed by atoms with E-state index in [0.717, 1.165) is 201 Å². The van der Waals surface area contributed by atoms with Crippen molar-refractivity contribution in [3.05, 3.63) is 400 Å². The molecule has 19 aromatic rings. The molecule has 10 heteroatoms. The fourth-order valence-corrected chi connectivity index (χ4v) is 20.7. The van der Waals surface area contributed by atoms with E-state index in [1.165, 1.54) is 16.3 Å². The minimum atomic E-state index is -0.548. The predicted molar refractivity (Wildman–Crippen MR) is 507 cm³/mol. The van der Waals surface area contributed by atoms with Crippen molar-refractivity contribution in [2.24, 2.45) is 0 Å². The Morgan fingerprint density at radius 2 is 0.598 bits per heavy atom. The van der Waals surface area contributed by atoms with E-state index in [1.54, 1.807) is 0 Å². The zero-order valence-electron chi connectivity index (χ0n) is 67.2. The van der Waals surface area contributed by atoms with Gasteiger partial charge in [0.15, 0.2) is 0 Å². The highest BCUT2D eigenvalue weighted by Crippen LogP contribution is 2.57. The maximum Gasteiger partial charge on any atom is 0.265 e. The normalized spacial score (nSPS) is 13.2. The fourth-order valence-electron chi connectivity index (χ4n) is 20.7. The molecule has 6 aliphatic rings. The van der Waals surface area contributed by atoms with Gasteiger partial charge in [-0.2, -0.15) is 0 Å². The van der Waals surface area contributed by atoms with Crippen LogP contribution >= 0.6 is 0 Å². The first-order valence-corrected chi connectivity index (χ1v) is 42.3. The molecule has 18 aromatic carbocycles. The summed E-state index contributed by atoms with van der Waals surface area (Å²) in [7, 11) is 0. The fraction of sp³-hybridized carbons (Fsp3) is 0.0357. The second kappa shape index (κ2) is 27.1. The number of rotatable bonds is 10. The molecule has 0 radical (unpaired) electrons. The van der Waals surface area contributed by atoms with Crippen molar-refractivity contribution in [2.75, 3.05) is 9.80 Å². The van der Waals surface area contributed by atoms with Crippen molar-refractivity contribution < 1.29 is 18.9 Å². The number of benzene rings is 18. The van der Waals surface area contributed by atoms with Gasteiger partial charge in [-0.05, 0) is 148 Å². The number of fused-ring (bicyclic) bond motifs is 17. The Morgan fingerprint density at radius 1 is 0.230 bits per heavy atom. The number of hydrogen-bond acceptors (Lipinski definition) is 6. The van der Waals surface area contributed by atoms with Gasteiger partial charge in [-0.25, -0.2) is 0 Å². The van der Waals surface area contributed by atoms with Crippen molar-refractivity contribution in [1.29, 1.82) is 0 Å². The molecule has 0 N–H and O–H groups in total. The lowest BCUT2D eigenvalue weighted by Gasteiger charge is -2.48. The quantitative estimate of drug-likeness (QED) is 0.127. The van der Waals surface area contributed by atoms with Crippen LogP contribution in [0.1, 0.15) is 26.3 Å². The summed E-state index contributed by atoms with van der Waals surface area (Å²) in [4.78, 5) is 5.28. The van der Waals surface area contributed by atoms with Gasteiger partial charge in [0.2, 0.25) is 0 Å². The highest BCUT2D eigenvalue weighted by molar-refractivity contribution is 7.04. The molecule has 0 fully saturated rings. The van der Waals surface area contributed by atoms with Crippen LogP contribution < -0.4 is 77.9 Å². The molecule has 0 unspecified atom stereocenters. The summed E-state index contributed by atoms with van der Waals surface area (Å²) in [5, 5.41) is 2.35. The van der Waals surface area contributed by atoms with Gasteiger partial charge in [-0.1, -0.05) is 348 Å². The molecule has 7 nitrogen and oxygen atoms in total. The Balaban J connectivity index is 0.828. The Kier molecular flexibility index (Phi) is 15.5. The van der Waals surface area contributed by atoms with Crippen molar-refractivity contribution in [3.63, 3.8) is 0 Å². The molecule has 1 aromatic heterocycles. The molecule has 6 aliphatic heterocycles. The molecule has 0 amide bonds. The van der Waals surface area contributed by atoms with E-state index < -0.39 is 18.8 Å². The summed E-state index contributed by atoms with van der Waals surface area (Å²) >= 11 is 0. The lowest BCUT2D eigenvalue weighted by Crippen LogP contribution is -2.66. The van der Waals surface area contributed by atoms with E-state index in [1.807, 2.05) is 0 Å². The average Bonchev–Trinajstić information content (AvgIpc) is 0.707. The monoisotopic (exact) mass is 1560 g/mol. The third kappa shape index (κ3) is 10.7. The third-order valence-corrected chi connectivity index (χ3v) is 26.2. The molecule has 0 saturated heterocycles. The Morgan fingerprint density at radius 3 is 1.08 bits per heavy atom. The van der Waals surface area contributed by atoms with Crippen LogP contribution in [-0.2, 0) is 5.41 Å². The molecule has 570 valence electrons. The highest BCUT2D eigenvalue weighted by Gasteiger charge is 2.54. The standard InChI is InChI=1S/C112H74B3N3O4/c1-112(2,3)79-64-94-103-95(65-79)118(109-83(74-41-21-9-22-42-74)49-30-50-84(109)75-43-23-10-24-44-75)96-67-100-106-110(104(96)114(103)87-57-53-78(71-35-15-6-16-36-71)63-93(87)117(94)108-81(72-37-17-7-18-38-72)47-29-48-82(108)73-39-19-8-20-40-73)122-99-66-80(116-91-51-27-25-45-85(91)86-46-26-28-52-92(86)116)56-58-88(99)115(106)107-102(120-100)68-101-105-111(107)121-98-60-55-77(70-33-13-5-14-34-70)62-90(98)113(105)89-61-76(54-59-97(89)119-101)69-31-11-4-12-32-69/h4-68H,1-3H3. The molecule has 122 heavy (non-hydrogen) atoms. The Bertz CT molecular complexity index is 7350. The molecule has 7 heterocycles. The lowest BCUT2D eigenvalue weighted by atomic mass is 9.29. The van der Waals surface area contributed by atoms with Gasteiger partial charge in [-0.3, -0.25) is 0 Å². The van der Waals surface area contributed by atoms with E-state index in [4.69, 9.17) is 18.9 Å². The van der Waals surface area contributed by atoms with Crippen molar-refractivity contribution >= 4 is 125 Å². The minimum Gasteiger partial charge on any atom is -0.459 e. The zero-order valence-corrected chi connectivity index (χ0v) is 67.2. The summed E-state index contributed by atoms with van der Waals surface area (Å²) in [6.45, 7) is 5.72. The molecule has 25 rings (SSSR count). The van der Waals surface area contributed by atoms with E-state index in [0.29, 0.717) is 23.0 Å². The van der Waals surface area contributed by atoms with Gasteiger partial charge >= 0.3 is 0 Å². The first-order valence-electron chi connectivity index (χ1n) is 42.3. The molecule has 0 atom stereocenters. The van der Waals surface area contributed by atoms with E-state index in [2.05, 4.69) is 429 Å². The lowest BCUT2D eigenvalue weighted by molar-refractivity contribution is 0.443. The van der Waals surface area contributed by atoms with Crippen LogP contribution in [0.5, 0.6) is 46.0 Å². The van der Waals surface area contributed by atoms with Crippen LogP contribution in [0, 0.1) is 0 Å². The second-order valence-corrected chi connectivity index (χ2v) is 34.0. The van der Waals surface area contributed by atoms with E-state index >= 15 is 0 Å². The summed E-state index contributed by atoms with van der Waals surface area (Å²) in [6, 6.07) is 145. The van der Waals surface area contributed by atoms with Crippen LogP contribution in [0.15, 0.2) is 394 Å². The van der Waals surface area contributed by atoms with Crippen molar-refractivity contribution in [2.45, 2.75) is 26.2 Å². The largest absolute Gasteiger partial charge is 0.459 e. The third-order valence-electron chi connectivity index (χ3n) is 26.2. The van der Waals surface area contributed by atoms with E-state index in [-0.39, 0.29) is 6.71 Å². The number of ether oxygens (including phenoxy) is 4. The molecule has 0 saturated carbocycles. The molecule has 0 aliphatic carbocycles. The summed E-state index contributed by atoms with van der Waals surface area (Å²) in [6.07, 6.45) is 0. The number of para-hydroxylation sites is 4. The van der Waals surface area contributed by atoms with E-state index in [9.17, 15) is 0 Å². The van der Waals surface area contributed by atoms with Gasteiger partial charge in [0, 0.05) is 96.1 Å². The maximum atomic E-state index is 8.51. The number of aromatic nitrogens is 1. The molecular weight excluding hydrogens is 1480 g/mol. The molecule has 0 bridgehead atoms. The summed E-state index contributed by atoms with van der Waals surface area (Å²) in [5.74, 6) is 5.71. The number of anilines is 6.